The second kappa shape index (κ2) is 5.01. The minimum absolute atomic E-state index is 0.126. The number of hydrogen-bond donors (Lipinski definition) is 3. The summed E-state index contributed by atoms with van der Waals surface area (Å²) in [6.07, 6.45) is 1.83. The summed E-state index contributed by atoms with van der Waals surface area (Å²) in [4.78, 5) is 24.0. The Kier molecular flexibility index (Phi) is 3.63. The van der Waals surface area contributed by atoms with E-state index in [-0.39, 0.29) is 25.4 Å². The van der Waals surface area contributed by atoms with Crippen LogP contribution in [0.3, 0.4) is 0 Å². The van der Waals surface area contributed by atoms with Crippen molar-refractivity contribution in [2.45, 2.75) is 31.4 Å². The third-order valence-electron chi connectivity index (χ3n) is 3.29. The molecule has 96 valence electrons. The second-order valence-corrected chi connectivity index (χ2v) is 4.86. The van der Waals surface area contributed by atoms with Crippen molar-refractivity contribution in [3.8, 4) is 0 Å². The van der Waals surface area contributed by atoms with Gasteiger partial charge < -0.3 is 20.4 Å². The minimum Gasteiger partial charge on any atom is -0.480 e. The van der Waals surface area contributed by atoms with Gasteiger partial charge in [-0.1, -0.05) is 0 Å². The standard InChI is InChI=1S/C11H18N2O4/c14-8-3-9(11(16)17)13(6-8)10(15)5-12-4-7-1-2-7/h7-9,12,14H,1-6H2,(H,16,17)/t8?,9-/m0/s1. The summed E-state index contributed by atoms with van der Waals surface area (Å²) in [6.45, 7) is 1.10. The average molecular weight is 242 g/mol. The maximum absolute atomic E-state index is 11.8. The Morgan fingerprint density at radius 2 is 2.06 bits per heavy atom. The molecule has 6 heteroatoms. The van der Waals surface area contributed by atoms with Gasteiger partial charge in [-0.15, -0.1) is 0 Å². The first-order chi connectivity index (χ1) is 8.08. The van der Waals surface area contributed by atoms with Gasteiger partial charge in [0.1, 0.15) is 6.04 Å². The summed E-state index contributed by atoms with van der Waals surface area (Å²) >= 11 is 0. The minimum atomic E-state index is -1.04. The third-order valence-corrected chi connectivity index (χ3v) is 3.29. The molecular weight excluding hydrogens is 224 g/mol. The molecule has 0 spiro atoms. The van der Waals surface area contributed by atoms with Crippen LogP contribution in [-0.2, 0) is 9.59 Å². The van der Waals surface area contributed by atoms with Gasteiger partial charge in [0, 0.05) is 13.0 Å². The third kappa shape index (κ3) is 3.17. The zero-order valence-corrected chi connectivity index (χ0v) is 9.63. The van der Waals surface area contributed by atoms with E-state index < -0.39 is 18.1 Å². The second-order valence-electron chi connectivity index (χ2n) is 4.86. The van der Waals surface area contributed by atoms with Crippen molar-refractivity contribution in [3.05, 3.63) is 0 Å². The quantitative estimate of drug-likeness (QED) is 0.577. The van der Waals surface area contributed by atoms with Gasteiger partial charge in [-0.2, -0.15) is 0 Å². The van der Waals surface area contributed by atoms with Crippen LogP contribution in [0.5, 0.6) is 0 Å². The molecule has 0 bridgehead atoms. The Bertz CT molecular complexity index is 317. The molecule has 6 nitrogen and oxygen atoms in total. The summed E-state index contributed by atoms with van der Waals surface area (Å²) in [5.41, 5.74) is 0. The van der Waals surface area contributed by atoms with Crippen LogP contribution in [0, 0.1) is 5.92 Å². The van der Waals surface area contributed by atoms with Crippen LogP contribution < -0.4 is 5.32 Å². The van der Waals surface area contributed by atoms with Crippen LogP contribution in [0.15, 0.2) is 0 Å². The number of carbonyl (C=O) groups excluding carboxylic acids is 1. The zero-order chi connectivity index (χ0) is 12.4. The maximum Gasteiger partial charge on any atom is 0.326 e. The van der Waals surface area contributed by atoms with Crippen molar-refractivity contribution in [3.63, 3.8) is 0 Å². The molecule has 0 radical (unpaired) electrons. The topological polar surface area (TPSA) is 89.9 Å². The largest absolute Gasteiger partial charge is 0.480 e. The number of β-amino-alcohol motifs (C(OH)–C–C–N with tert-alkyl or cyclic N) is 1. The molecule has 2 fully saturated rings. The average Bonchev–Trinajstić information content (AvgIpc) is 2.99. The van der Waals surface area contributed by atoms with Gasteiger partial charge >= 0.3 is 5.97 Å². The lowest BCUT2D eigenvalue weighted by molar-refractivity contribution is -0.147. The Balaban J connectivity index is 1.81. The fourth-order valence-corrected chi connectivity index (χ4v) is 2.13. The number of hydrogen-bond acceptors (Lipinski definition) is 4. The smallest absolute Gasteiger partial charge is 0.326 e. The van der Waals surface area contributed by atoms with E-state index in [9.17, 15) is 14.7 Å². The normalized spacial score (nSPS) is 28.4. The number of rotatable bonds is 5. The Hall–Kier alpha value is -1.14. The van der Waals surface area contributed by atoms with Crippen molar-refractivity contribution < 1.29 is 19.8 Å². The number of amides is 1. The van der Waals surface area contributed by atoms with Gasteiger partial charge in [0.05, 0.1) is 12.6 Å². The SMILES string of the molecule is O=C(O)[C@@H]1CC(O)CN1C(=O)CNCC1CC1. The molecule has 1 aliphatic heterocycles. The molecule has 1 unspecified atom stereocenters. The molecule has 2 atom stereocenters. The molecule has 1 heterocycles. The molecule has 2 rings (SSSR count). The number of aliphatic carboxylic acids is 1. The number of carboxylic acids is 1. The van der Waals surface area contributed by atoms with E-state index in [0.29, 0.717) is 5.92 Å². The Morgan fingerprint density at radius 1 is 1.35 bits per heavy atom. The molecule has 1 amide bonds. The molecule has 1 aliphatic carbocycles. The predicted molar refractivity (Wildman–Crippen MR) is 59.4 cm³/mol. The van der Waals surface area contributed by atoms with E-state index in [1.165, 1.54) is 17.7 Å². The fraction of sp³-hybridized carbons (Fsp3) is 0.818. The molecule has 2 aliphatic rings. The van der Waals surface area contributed by atoms with Crippen molar-refractivity contribution in [1.29, 1.82) is 0 Å². The Labute approximate surface area is 99.6 Å². The fourth-order valence-electron chi connectivity index (χ4n) is 2.13. The van der Waals surface area contributed by atoms with Crippen LogP contribution in [0.25, 0.3) is 0 Å². The van der Waals surface area contributed by atoms with Gasteiger partial charge in [0.15, 0.2) is 0 Å². The van der Waals surface area contributed by atoms with Gasteiger partial charge in [-0.3, -0.25) is 4.79 Å². The number of nitrogens with zero attached hydrogens (tertiary/aromatic N) is 1. The van der Waals surface area contributed by atoms with Crippen LogP contribution >= 0.6 is 0 Å². The van der Waals surface area contributed by atoms with Crippen molar-refractivity contribution in [2.75, 3.05) is 19.6 Å². The van der Waals surface area contributed by atoms with E-state index in [2.05, 4.69) is 5.32 Å². The van der Waals surface area contributed by atoms with Crippen molar-refractivity contribution in [2.24, 2.45) is 5.92 Å². The highest BCUT2D eigenvalue weighted by Crippen LogP contribution is 2.27. The van der Waals surface area contributed by atoms with Gasteiger partial charge in [0.2, 0.25) is 5.91 Å². The number of aliphatic hydroxyl groups is 1. The molecular formula is C11H18N2O4. The number of carbonyl (C=O) groups is 2. The number of likely N-dealkylation sites (tertiary alicyclic amines) is 1. The number of carboxylic acid groups (broad SMARTS) is 1. The molecule has 3 N–H and O–H groups in total. The summed E-state index contributed by atoms with van der Waals surface area (Å²) in [5, 5.41) is 21.4. The van der Waals surface area contributed by atoms with E-state index in [0.717, 1.165) is 6.54 Å². The lowest BCUT2D eigenvalue weighted by Gasteiger charge is -2.21. The van der Waals surface area contributed by atoms with Crippen LogP contribution in [0.2, 0.25) is 0 Å². The van der Waals surface area contributed by atoms with Crippen LogP contribution in [0.1, 0.15) is 19.3 Å². The van der Waals surface area contributed by atoms with E-state index in [4.69, 9.17) is 5.11 Å². The van der Waals surface area contributed by atoms with Crippen LogP contribution in [0.4, 0.5) is 0 Å². The van der Waals surface area contributed by atoms with Crippen molar-refractivity contribution >= 4 is 11.9 Å². The van der Waals surface area contributed by atoms with Gasteiger partial charge in [0.25, 0.3) is 0 Å². The lowest BCUT2D eigenvalue weighted by atomic mass is 10.2. The summed E-state index contributed by atoms with van der Waals surface area (Å²) < 4.78 is 0. The zero-order valence-electron chi connectivity index (χ0n) is 9.63. The van der Waals surface area contributed by atoms with E-state index >= 15 is 0 Å². The first-order valence-corrected chi connectivity index (χ1v) is 5.99. The highest BCUT2D eigenvalue weighted by Gasteiger charge is 2.38. The Morgan fingerprint density at radius 3 is 2.65 bits per heavy atom. The molecule has 0 aromatic rings. The molecule has 1 saturated carbocycles. The highest BCUT2D eigenvalue weighted by molar-refractivity contribution is 5.85. The van der Waals surface area contributed by atoms with Crippen molar-refractivity contribution in [1.82, 2.24) is 10.2 Å². The predicted octanol–water partition coefficient (Wildman–Crippen LogP) is -0.968. The summed E-state index contributed by atoms with van der Waals surface area (Å²) in [5.74, 6) is -0.603. The maximum atomic E-state index is 11.8. The van der Waals surface area contributed by atoms with E-state index in [1.54, 1.807) is 0 Å². The molecule has 1 saturated heterocycles. The summed E-state index contributed by atoms with van der Waals surface area (Å²) in [7, 11) is 0. The molecule has 0 aromatic heterocycles. The lowest BCUT2D eigenvalue weighted by Crippen LogP contribution is -2.44. The summed E-state index contributed by atoms with van der Waals surface area (Å²) in [6, 6.07) is -0.875. The molecule has 0 aromatic carbocycles. The van der Waals surface area contributed by atoms with Gasteiger partial charge in [-0.05, 0) is 25.3 Å². The molecule has 17 heavy (non-hydrogen) atoms. The monoisotopic (exact) mass is 242 g/mol. The number of nitrogens with one attached hydrogen (secondary N) is 1. The highest BCUT2D eigenvalue weighted by atomic mass is 16.4. The first kappa shape index (κ1) is 12.3. The van der Waals surface area contributed by atoms with Gasteiger partial charge in [-0.25, -0.2) is 4.79 Å². The first-order valence-electron chi connectivity index (χ1n) is 5.99. The van der Waals surface area contributed by atoms with Crippen LogP contribution in [-0.4, -0.2) is 58.8 Å². The number of aliphatic hydroxyl groups excluding tert-OH is 1. The van der Waals surface area contributed by atoms with E-state index in [1.807, 2.05) is 0 Å².